The number of hydrogen-bond donors (Lipinski definition) is 1. The molecular formula is C10H16BrNO3. The van der Waals surface area contributed by atoms with E-state index in [0.717, 1.165) is 6.42 Å². The number of hydrogen-bond acceptors (Lipinski definition) is 2. The Labute approximate surface area is 97.8 Å². The van der Waals surface area contributed by atoms with E-state index in [1.165, 1.54) is 4.90 Å². The van der Waals surface area contributed by atoms with E-state index < -0.39 is 12.0 Å². The number of carbonyl (C=O) groups excluding carboxylic acids is 1. The van der Waals surface area contributed by atoms with Gasteiger partial charge in [-0.05, 0) is 5.92 Å². The van der Waals surface area contributed by atoms with Gasteiger partial charge in [-0.2, -0.15) is 0 Å². The van der Waals surface area contributed by atoms with Crippen LogP contribution in [0.3, 0.4) is 0 Å². The van der Waals surface area contributed by atoms with E-state index in [9.17, 15) is 9.59 Å². The Hall–Kier alpha value is -0.580. The van der Waals surface area contributed by atoms with Crippen molar-refractivity contribution in [2.24, 2.45) is 5.92 Å². The number of nitrogens with zero attached hydrogens (tertiary/aromatic N) is 1. The first kappa shape index (κ1) is 12.5. The van der Waals surface area contributed by atoms with Crippen molar-refractivity contribution in [2.75, 3.05) is 6.54 Å². The number of carboxylic acids is 1. The number of likely N-dealkylation sites (tertiary alicyclic amines) is 1. The Morgan fingerprint density at radius 3 is 2.67 bits per heavy atom. The van der Waals surface area contributed by atoms with Gasteiger partial charge in [-0.25, -0.2) is 4.79 Å². The molecule has 86 valence electrons. The van der Waals surface area contributed by atoms with Gasteiger partial charge in [0.15, 0.2) is 0 Å². The number of carboxylic acid groups (broad SMARTS) is 1. The molecule has 0 aromatic rings. The minimum absolute atomic E-state index is 0.00995. The molecule has 1 amide bonds. The number of halogens is 1. The van der Waals surface area contributed by atoms with Crippen LogP contribution in [0.25, 0.3) is 0 Å². The molecule has 0 aromatic heterocycles. The lowest BCUT2D eigenvalue weighted by atomic mass is 9.98. The van der Waals surface area contributed by atoms with Gasteiger partial charge in [0.2, 0.25) is 5.91 Å². The topological polar surface area (TPSA) is 57.6 Å². The fourth-order valence-electron chi connectivity index (χ4n) is 1.86. The summed E-state index contributed by atoms with van der Waals surface area (Å²) in [5.41, 5.74) is 0. The van der Waals surface area contributed by atoms with E-state index >= 15 is 0 Å². The van der Waals surface area contributed by atoms with Gasteiger partial charge in [-0.3, -0.25) is 4.79 Å². The quantitative estimate of drug-likeness (QED) is 0.792. The molecular weight excluding hydrogens is 262 g/mol. The number of rotatable bonds is 4. The summed E-state index contributed by atoms with van der Waals surface area (Å²) in [5.74, 6) is -0.979. The van der Waals surface area contributed by atoms with E-state index in [0.29, 0.717) is 13.0 Å². The Balaban J connectivity index is 2.81. The molecule has 0 saturated carbocycles. The lowest BCUT2D eigenvalue weighted by Gasteiger charge is -2.28. The third-order valence-corrected chi connectivity index (χ3v) is 3.50. The second-order valence-electron chi connectivity index (χ2n) is 4.02. The minimum Gasteiger partial charge on any atom is -0.480 e. The van der Waals surface area contributed by atoms with Crippen LogP contribution in [0.2, 0.25) is 0 Å². The van der Waals surface area contributed by atoms with Crippen LogP contribution >= 0.6 is 15.9 Å². The molecule has 0 bridgehead atoms. The molecule has 0 spiro atoms. The molecule has 3 atom stereocenters. The summed E-state index contributed by atoms with van der Waals surface area (Å²) in [6.45, 7) is 4.31. The van der Waals surface area contributed by atoms with Crippen LogP contribution < -0.4 is 0 Å². The predicted octanol–water partition coefficient (Wildman–Crippen LogP) is 1.48. The van der Waals surface area contributed by atoms with E-state index in [1.54, 1.807) is 0 Å². The van der Waals surface area contributed by atoms with Crippen molar-refractivity contribution in [3.8, 4) is 0 Å². The van der Waals surface area contributed by atoms with Crippen molar-refractivity contribution >= 4 is 27.8 Å². The molecule has 1 heterocycles. The van der Waals surface area contributed by atoms with Crippen molar-refractivity contribution in [3.63, 3.8) is 0 Å². The van der Waals surface area contributed by atoms with Crippen molar-refractivity contribution < 1.29 is 14.7 Å². The fourth-order valence-corrected chi connectivity index (χ4v) is 2.45. The highest BCUT2D eigenvalue weighted by atomic mass is 79.9. The van der Waals surface area contributed by atoms with Crippen molar-refractivity contribution in [2.45, 2.75) is 37.6 Å². The summed E-state index contributed by atoms with van der Waals surface area (Å²) in [6.07, 6.45) is 1.16. The van der Waals surface area contributed by atoms with Crippen LogP contribution in [0.1, 0.15) is 26.7 Å². The Kier molecular flexibility index (Phi) is 4.13. The predicted molar refractivity (Wildman–Crippen MR) is 59.9 cm³/mol. The van der Waals surface area contributed by atoms with Gasteiger partial charge in [-0.1, -0.05) is 36.2 Å². The zero-order chi connectivity index (χ0) is 11.6. The van der Waals surface area contributed by atoms with Gasteiger partial charge in [0.25, 0.3) is 0 Å². The summed E-state index contributed by atoms with van der Waals surface area (Å²) >= 11 is 3.35. The third kappa shape index (κ3) is 2.71. The maximum absolute atomic E-state index is 11.6. The van der Waals surface area contributed by atoms with Gasteiger partial charge in [0.1, 0.15) is 6.04 Å². The van der Waals surface area contributed by atoms with Gasteiger partial charge in [0.05, 0.1) is 0 Å². The SMILES string of the molecule is CC[C@H](C)[C@H](C(=O)O)N1CC(Br)CC1=O. The molecule has 4 nitrogen and oxygen atoms in total. The molecule has 1 fully saturated rings. The lowest BCUT2D eigenvalue weighted by Crippen LogP contribution is -2.46. The largest absolute Gasteiger partial charge is 0.480 e. The molecule has 5 heteroatoms. The molecule has 1 rings (SSSR count). The first-order valence-corrected chi connectivity index (χ1v) is 6.05. The van der Waals surface area contributed by atoms with Crippen molar-refractivity contribution in [3.05, 3.63) is 0 Å². The summed E-state index contributed by atoms with van der Waals surface area (Å²) in [5, 5.41) is 9.13. The maximum Gasteiger partial charge on any atom is 0.326 e. The van der Waals surface area contributed by atoms with Crippen LogP contribution in [-0.4, -0.2) is 39.3 Å². The zero-order valence-electron chi connectivity index (χ0n) is 8.94. The van der Waals surface area contributed by atoms with Gasteiger partial charge >= 0.3 is 5.97 Å². The second kappa shape index (κ2) is 4.96. The second-order valence-corrected chi connectivity index (χ2v) is 5.31. The molecule has 0 aliphatic carbocycles. The van der Waals surface area contributed by atoms with E-state index in [1.807, 2.05) is 13.8 Å². The minimum atomic E-state index is -0.903. The van der Waals surface area contributed by atoms with Gasteiger partial charge < -0.3 is 10.0 Å². The maximum atomic E-state index is 11.6. The smallest absolute Gasteiger partial charge is 0.326 e. The number of amides is 1. The highest BCUT2D eigenvalue weighted by Crippen LogP contribution is 2.25. The highest BCUT2D eigenvalue weighted by molar-refractivity contribution is 9.09. The van der Waals surface area contributed by atoms with Crippen LogP contribution in [0, 0.1) is 5.92 Å². The summed E-state index contributed by atoms with van der Waals surface area (Å²) in [4.78, 5) is 24.3. The molecule has 0 radical (unpaired) electrons. The van der Waals surface area contributed by atoms with Gasteiger partial charge in [-0.15, -0.1) is 0 Å². The van der Waals surface area contributed by atoms with E-state index in [-0.39, 0.29) is 16.7 Å². The fraction of sp³-hybridized carbons (Fsp3) is 0.800. The number of alkyl halides is 1. The van der Waals surface area contributed by atoms with Crippen LogP contribution in [0.5, 0.6) is 0 Å². The molecule has 1 unspecified atom stereocenters. The van der Waals surface area contributed by atoms with Crippen LogP contribution in [0.15, 0.2) is 0 Å². The van der Waals surface area contributed by atoms with E-state index in [2.05, 4.69) is 15.9 Å². The Morgan fingerprint density at radius 1 is 1.73 bits per heavy atom. The standard InChI is InChI=1S/C10H16BrNO3/c1-3-6(2)9(10(14)15)12-5-7(11)4-8(12)13/h6-7,9H,3-5H2,1-2H3,(H,14,15)/t6-,7?,9+/m0/s1. The number of carbonyl (C=O) groups is 2. The first-order valence-electron chi connectivity index (χ1n) is 5.13. The molecule has 1 N–H and O–H groups in total. The molecule has 1 saturated heterocycles. The molecule has 1 aliphatic heterocycles. The average molecular weight is 278 g/mol. The van der Waals surface area contributed by atoms with Gasteiger partial charge in [0, 0.05) is 17.8 Å². The molecule has 0 aromatic carbocycles. The van der Waals surface area contributed by atoms with E-state index in [4.69, 9.17) is 5.11 Å². The Bertz CT molecular complexity index is 269. The van der Waals surface area contributed by atoms with Crippen molar-refractivity contribution in [1.29, 1.82) is 0 Å². The highest BCUT2D eigenvalue weighted by Gasteiger charge is 2.38. The van der Waals surface area contributed by atoms with Crippen LogP contribution in [-0.2, 0) is 9.59 Å². The van der Waals surface area contributed by atoms with Crippen LogP contribution in [0.4, 0.5) is 0 Å². The molecule has 15 heavy (non-hydrogen) atoms. The summed E-state index contributed by atoms with van der Waals surface area (Å²) in [6, 6.07) is -0.676. The lowest BCUT2D eigenvalue weighted by molar-refractivity contribution is -0.150. The first-order chi connectivity index (χ1) is 6.97. The average Bonchev–Trinajstić information content (AvgIpc) is 2.45. The Morgan fingerprint density at radius 2 is 2.33 bits per heavy atom. The zero-order valence-corrected chi connectivity index (χ0v) is 10.5. The molecule has 1 aliphatic rings. The van der Waals surface area contributed by atoms with Crippen molar-refractivity contribution in [1.82, 2.24) is 4.90 Å². The summed E-state index contributed by atoms with van der Waals surface area (Å²) in [7, 11) is 0. The number of aliphatic carboxylic acids is 1. The summed E-state index contributed by atoms with van der Waals surface area (Å²) < 4.78 is 0. The monoisotopic (exact) mass is 277 g/mol. The normalized spacial score (nSPS) is 25.4. The third-order valence-electron chi connectivity index (χ3n) is 2.88.